The van der Waals surface area contributed by atoms with Gasteiger partial charge < -0.3 is 66.4 Å². The van der Waals surface area contributed by atoms with Crippen molar-refractivity contribution in [2.45, 2.75) is 160 Å². The quantitative estimate of drug-likeness (QED) is 0.0946. The molecule has 4 saturated carbocycles. The van der Waals surface area contributed by atoms with Crippen LogP contribution in [0.3, 0.4) is 0 Å². The average Bonchev–Trinajstić information content (AvgIpc) is 3.92. The Morgan fingerprint density at radius 1 is 0.985 bits per heavy atom. The van der Waals surface area contributed by atoms with Crippen LogP contribution in [-0.2, 0) is 19.1 Å². The lowest BCUT2D eigenvalue weighted by Gasteiger charge is -2.73. The lowest BCUT2D eigenvalue weighted by atomic mass is 9.31. The number of aliphatic hydroxyl groups is 7. The van der Waals surface area contributed by atoms with Gasteiger partial charge in [-0.3, -0.25) is 9.59 Å². The van der Waals surface area contributed by atoms with Gasteiger partial charge >= 0.3 is 5.97 Å². The van der Waals surface area contributed by atoms with E-state index in [1.54, 1.807) is 12.5 Å². The number of H-pyrrole nitrogens is 1. The number of hydrogen-bond acceptors (Lipinski definition) is 13. The summed E-state index contributed by atoms with van der Waals surface area (Å²) in [6, 6.07) is -0.411. The Morgan fingerprint density at radius 3 is 2.37 bits per heavy atom. The fourth-order valence-electron chi connectivity index (χ4n) is 16.2. The number of nitrogens with zero attached hydrogens (tertiary/aromatic N) is 1. The van der Waals surface area contributed by atoms with Crippen molar-refractivity contribution in [1.29, 1.82) is 0 Å². The van der Waals surface area contributed by atoms with Gasteiger partial charge in [0.25, 0.3) is 0 Å². The van der Waals surface area contributed by atoms with Crippen LogP contribution >= 0.6 is 0 Å². The summed E-state index contributed by atoms with van der Waals surface area (Å²) in [4.78, 5) is 35.2. The van der Waals surface area contributed by atoms with Crippen molar-refractivity contribution in [3.63, 3.8) is 0 Å². The number of hydrogen-bond donors (Lipinski definition) is 11. The van der Waals surface area contributed by atoms with E-state index >= 15 is 0 Å². The molecule has 65 heavy (non-hydrogen) atoms. The van der Waals surface area contributed by atoms with Crippen LogP contribution in [0.5, 0.6) is 0 Å². The van der Waals surface area contributed by atoms with E-state index in [9.17, 15) is 50.4 Å². The number of carbonyl (C=O) groups is 2. The number of rotatable bonds is 14. The number of aromatic amines is 1. The number of aromatic nitrogens is 2. The van der Waals surface area contributed by atoms with Crippen LogP contribution in [0.2, 0.25) is 0 Å². The first-order chi connectivity index (χ1) is 30.7. The van der Waals surface area contributed by atoms with E-state index in [2.05, 4.69) is 49.1 Å². The number of carboxylic acids is 1. The van der Waals surface area contributed by atoms with Crippen molar-refractivity contribution in [3.8, 4) is 0 Å². The lowest BCUT2D eigenvalue weighted by molar-refractivity contribution is -0.340. The predicted molar refractivity (Wildman–Crippen MR) is 237 cm³/mol. The highest BCUT2D eigenvalue weighted by atomic mass is 16.7. The van der Waals surface area contributed by atoms with Crippen molar-refractivity contribution < 1.29 is 59.9 Å². The van der Waals surface area contributed by atoms with Crippen molar-refractivity contribution in [1.82, 2.24) is 15.3 Å². The van der Waals surface area contributed by atoms with Gasteiger partial charge in [0, 0.05) is 48.4 Å². The Kier molecular flexibility index (Phi) is 13.4. The maximum absolute atomic E-state index is 14.2. The summed E-state index contributed by atoms with van der Waals surface area (Å²) in [5, 5.41) is 92.7. The van der Waals surface area contributed by atoms with Gasteiger partial charge in [0.2, 0.25) is 5.91 Å². The Bertz CT molecular complexity index is 1920. The van der Waals surface area contributed by atoms with E-state index in [0.29, 0.717) is 70.8 Å². The van der Waals surface area contributed by atoms with Gasteiger partial charge in [0.15, 0.2) is 6.29 Å². The Hall–Kier alpha value is -2.51. The van der Waals surface area contributed by atoms with Crippen LogP contribution in [0.15, 0.2) is 24.2 Å². The van der Waals surface area contributed by atoms with Crippen LogP contribution in [-0.4, -0.2) is 139 Å². The van der Waals surface area contributed by atoms with Crippen LogP contribution in [0.25, 0.3) is 0 Å². The fraction of sp³-hybridized carbons (Fsp3) is 0.857. The number of nitrogens with one attached hydrogen (secondary N) is 2. The van der Waals surface area contributed by atoms with E-state index in [0.717, 1.165) is 12.1 Å². The molecule has 366 valence electrons. The molecule has 8 rings (SSSR count). The lowest BCUT2D eigenvalue weighted by Crippen LogP contribution is -2.72. The molecular weight excluding hydrogens is 837 g/mol. The minimum atomic E-state index is -1.64. The molecule has 0 unspecified atom stereocenters. The van der Waals surface area contributed by atoms with Gasteiger partial charge in [-0.2, -0.15) is 0 Å². The van der Waals surface area contributed by atoms with Gasteiger partial charge in [0.1, 0.15) is 18.3 Å². The first kappa shape index (κ1) is 48.9. The normalized spacial score (nSPS) is 48.8. The molecule has 2 saturated heterocycles. The summed E-state index contributed by atoms with van der Waals surface area (Å²) >= 11 is 0. The van der Waals surface area contributed by atoms with Crippen molar-refractivity contribution in [2.24, 2.45) is 73.7 Å². The number of carboxylic acid groups (broad SMARTS) is 1. The third kappa shape index (κ3) is 7.40. The molecule has 0 spiro atoms. The molecule has 2 aliphatic heterocycles. The van der Waals surface area contributed by atoms with Gasteiger partial charge in [0.05, 0.1) is 37.2 Å². The highest BCUT2D eigenvalue weighted by molar-refractivity contribution is 5.82. The Labute approximate surface area is 383 Å². The number of allylic oxidation sites excluding steroid dienone is 2. The average molecular weight is 915 g/mol. The summed E-state index contributed by atoms with van der Waals surface area (Å²) in [6.07, 6.45) is 4.11. The Balaban J connectivity index is 1.27. The maximum Gasteiger partial charge on any atom is 0.310 e. The molecule has 3 heterocycles. The molecule has 12 N–H and O–H groups in total. The number of aliphatic hydroxyl groups excluding tert-OH is 7. The van der Waals surface area contributed by atoms with Gasteiger partial charge in [-0.1, -0.05) is 46.3 Å². The number of aliphatic carboxylic acids is 1. The van der Waals surface area contributed by atoms with E-state index < -0.39 is 93.1 Å². The summed E-state index contributed by atoms with van der Waals surface area (Å²) < 4.78 is 12.5. The van der Waals surface area contributed by atoms with Crippen molar-refractivity contribution in [3.05, 3.63) is 29.9 Å². The SMILES string of the molecule is C[C@]1(CO)CC[C@]2(C(=O)O)CC[C@]3(C)C(=CC[C@@H]4[C@@]5(C)[C@H](C[C@H]6[C@H]([C@H](CCCN)c7cnc[nH]7)NC(=O)[C@@H]6CCO)[C@@H](O)[C@@H](O[C@@H]6OC[C@@H](O)[C@H](O)[C@H]6O)[C@@](C)(CO)[C@H]5CC[C@]43C)[C@@H]2C1. The highest BCUT2D eigenvalue weighted by Crippen LogP contribution is 2.77. The number of amides is 1. The van der Waals surface area contributed by atoms with E-state index in [4.69, 9.17) is 15.2 Å². The second kappa shape index (κ2) is 17.8. The molecular formula is C49H78N4O12. The maximum atomic E-state index is 14.2. The van der Waals surface area contributed by atoms with E-state index in [1.165, 1.54) is 5.57 Å². The molecule has 6 fully saturated rings. The van der Waals surface area contributed by atoms with E-state index in [1.807, 2.05) is 6.92 Å². The number of ether oxygens (including phenoxy) is 2. The zero-order valence-electron chi connectivity index (χ0n) is 39.1. The minimum absolute atomic E-state index is 0.0158. The largest absolute Gasteiger partial charge is 0.481 e. The number of imidazole rings is 1. The smallest absolute Gasteiger partial charge is 0.310 e. The van der Waals surface area contributed by atoms with Gasteiger partial charge in [-0.15, -0.1) is 0 Å². The molecule has 20 atom stereocenters. The second-order valence-corrected chi connectivity index (χ2v) is 23.0. The number of nitrogens with two attached hydrogens (primary N) is 1. The van der Waals surface area contributed by atoms with Gasteiger partial charge in [-0.25, -0.2) is 4.98 Å². The van der Waals surface area contributed by atoms with Gasteiger partial charge in [-0.05, 0) is 135 Å². The molecule has 1 aromatic rings. The third-order valence-corrected chi connectivity index (χ3v) is 20.2. The van der Waals surface area contributed by atoms with Crippen LogP contribution in [0.4, 0.5) is 0 Å². The summed E-state index contributed by atoms with van der Waals surface area (Å²) in [5.74, 6) is -3.31. The molecule has 0 radical (unpaired) electrons. The summed E-state index contributed by atoms with van der Waals surface area (Å²) in [5.41, 5.74) is 4.10. The minimum Gasteiger partial charge on any atom is -0.481 e. The van der Waals surface area contributed by atoms with E-state index in [-0.39, 0.29) is 68.3 Å². The zero-order valence-corrected chi connectivity index (χ0v) is 39.1. The zero-order chi connectivity index (χ0) is 47.1. The number of carbonyl (C=O) groups excluding carboxylic acids is 1. The number of fused-ring (bicyclic) bond motifs is 7. The summed E-state index contributed by atoms with van der Waals surface area (Å²) in [6.45, 7) is 10.4. The molecule has 16 nitrogen and oxygen atoms in total. The first-order valence-electron chi connectivity index (χ1n) is 24.5. The van der Waals surface area contributed by atoms with Crippen molar-refractivity contribution >= 4 is 11.9 Å². The topological polar surface area (TPSA) is 281 Å². The highest BCUT2D eigenvalue weighted by Gasteiger charge is 2.74. The molecule has 1 aromatic heterocycles. The van der Waals surface area contributed by atoms with Crippen LogP contribution in [0.1, 0.15) is 123 Å². The van der Waals surface area contributed by atoms with Crippen LogP contribution in [0, 0.1) is 68.0 Å². The predicted octanol–water partition coefficient (Wildman–Crippen LogP) is 2.59. The molecule has 5 aliphatic carbocycles. The Morgan fingerprint density at radius 2 is 1.72 bits per heavy atom. The first-order valence-corrected chi connectivity index (χ1v) is 24.5. The fourth-order valence-corrected chi connectivity index (χ4v) is 16.2. The molecule has 0 aromatic carbocycles. The standard InChI is InChI=1S/C49H78N4O12/c1-44(23-55)13-15-49(43(62)63)16-14-46(3)29(31(49)20-44)8-9-35-47(46,4)12-10-34-45(2,24-56)40(65-42-39(60)38(59)33(57)22-64-42)37(58)30(48(34,35)5)19-28-26(11-18-54)41(61)53-36(28)27(7-6-17-50)32-21-51-25-52-32/h8,21,25-28,30-31,33-40,42,54-60H,6-7,9-20,22-24,50H2,1-5H3,(H,51,52)(H,53,61)(H,62,63)/t26-,27-,28-,30-,31+,33-,34-,35+,36+,37-,38+,39-,40-,42+,44+,45+,46-,47-,48+,49+/m1/s1. The van der Waals surface area contributed by atoms with Crippen molar-refractivity contribution in [2.75, 3.05) is 33.0 Å². The molecule has 7 aliphatic rings. The van der Waals surface area contributed by atoms with Crippen LogP contribution < -0.4 is 11.1 Å². The second-order valence-electron chi connectivity index (χ2n) is 23.0. The molecule has 0 bridgehead atoms. The molecule has 16 heteroatoms. The molecule has 1 amide bonds. The monoisotopic (exact) mass is 915 g/mol. The summed E-state index contributed by atoms with van der Waals surface area (Å²) in [7, 11) is 0. The third-order valence-electron chi connectivity index (χ3n) is 20.2.